The van der Waals surface area contributed by atoms with Crippen molar-refractivity contribution in [2.45, 2.75) is 53.1 Å². The maximum Gasteiger partial charge on any atom is 0.305 e. The molecule has 1 aliphatic rings. The maximum atomic E-state index is 12.8. The van der Waals surface area contributed by atoms with Gasteiger partial charge in [-0.05, 0) is 43.4 Å². The van der Waals surface area contributed by atoms with Crippen molar-refractivity contribution in [2.75, 3.05) is 11.4 Å². The Morgan fingerprint density at radius 2 is 2.09 bits per heavy atom. The molecule has 1 N–H and O–H groups in total. The van der Waals surface area contributed by atoms with Gasteiger partial charge in [0.2, 0.25) is 0 Å². The van der Waals surface area contributed by atoms with Crippen LogP contribution in [-0.2, 0) is 9.59 Å². The number of rotatable bonds is 6. The SMILES string of the molecule is CCC(C)CC1Oc2c(C)cc(C)cc2N(CCC(=O)O)C1=O. The molecule has 2 atom stereocenters. The van der Waals surface area contributed by atoms with Crippen molar-refractivity contribution in [2.24, 2.45) is 5.92 Å². The average molecular weight is 319 g/mol. The second-order valence-corrected chi connectivity index (χ2v) is 6.42. The normalized spacial score (nSPS) is 18.3. The highest BCUT2D eigenvalue weighted by molar-refractivity contribution is 6.00. The van der Waals surface area contributed by atoms with Crippen molar-refractivity contribution in [3.8, 4) is 5.75 Å². The number of carboxylic acids is 1. The highest BCUT2D eigenvalue weighted by Gasteiger charge is 2.36. The van der Waals surface area contributed by atoms with Crippen LogP contribution in [-0.4, -0.2) is 29.6 Å². The summed E-state index contributed by atoms with van der Waals surface area (Å²) in [6.45, 7) is 8.26. The maximum absolute atomic E-state index is 12.8. The molecule has 0 saturated carbocycles. The lowest BCUT2D eigenvalue weighted by Crippen LogP contribution is -2.47. The molecule has 0 aromatic heterocycles. The van der Waals surface area contributed by atoms with Crippen molar-refractivity contribution in [1.29, 1.82) is 0 Å². The predicted molar refractivity (Wildman–Crippen MR) is 89.0 cm³/mol. The van der Waals surface area contributed by atoms with E-state index in [1.165, 1.54) is 0 Å². The summed E-state index contributed by atoms with van der Waals surface area (Å²) in [7, 11) is 0. The number of benzene rings is 1. The second-order valence-electron chi connectivity index (χ2n) is 6.42. The third kappa shape index (κ3) is 3.84. The molecule has 5 nitrogen and oxygen atoms in total. The largest absolute Gasteiger partial charge is 0.481 e. The van der Waals surface area contributed by atoms with Gasteiger partial charge in [-0.3, -0.25) is 9.59 Å². The van der Waals surface area contributed by atoms with Gasteiger partial charge in [0, 0.05) is 6.54 Å². The molecule has 2 unspecified atom stereocenters. The van der Waals surface area contributed by atoms with Gasteiger partial charge in [0.1, 0.15) is 5.75 Å². The molecule has 0 radical (unpaired) electrons. The monoisotopic (exact) mass is 319 g/mol. The minimum Gasteiger partial charge on any atom is -0.481 e. The summed E-state index contributed by atoms with van der Waals surface area (Å²) in [6.07, 6.45) is 1.01. The molecule has 0 aliphatic carbocycles. The number of aryl methyl sites for hydroxylation is 2. The molecule has 0 spiro atoms. The number of carbonyl (C=O) groups is 2. The minimum absolute atomic E-state index is 0.0752. The van der Waals surface area contributed by atoms with E-state index < -0.39 is 12.1 Å². The van der Waals surface area contributed by atoms with Gasteiger partial charge in [-0.1, -0.05) is 26.3 Å². The van der Waals surface area contributed by atoms with E-state index in [0.717, 1.165) is 17.5 Å². The first-order valence-corrected chi connectivity index (χ1v) is 8.14. The van der Waals surface area contributed by atoms with Gasteiger partial charge in [-0.2, -0.15) is 0 Å². The number of aliphatic carboxylic acids is 1. The zero-order chi connectivity index (χ0) is 17.1. The van der Waals surface area contributed by atoms with Gasteiger partial charge in [0.25, 0.3) is 5.91 Å². The van der Waals surface area contributed by atoms with Gasteiger partial charge in [-0.15, -0.1) is 0 Å². The molecule has 1 amide bonds. The third-order valence-electron chi connectivity index (χ3n) is 4.35. The minimum atomic E-state index is -0.909. The van der Waals surface area contributed by atoms with Gasteiger partial charge < -0.3 is 14.7 Å². The van der Waals surface area contributed by atoms with Crippen LogP contribution in [0.25, 0.3) is 0 Å². The van der Waals surface area contributed by atoms with E-state index >= 15 is 0 Å². The smallest absolute Gasteiger partial charge is 0.305 e. The molecule has 23 heavy (non-hydrogen) atoms. The zero-order valence-corrected chi connectivity index (χ0v) is 14.3. The molecule has 1 heterocycles. The number of nitrogens with zero attached hydrogens (tertiary/aromatic N) is 1. The van der Waals surface area contributed by atoms with E-state index in [0.29, 0.717) is 23.8 Å². The summed E-state index contributed by atoms with van der Waals surface area (Å²) in [6, 6.07) is 3.91. The summed E-state index contributed by atoms with van der Waals surface area (Å²) in [5.41, 5.74) is 2.69. The summed E-state index contributed by atoms with van der Waals surface area (Å²) >= 11 is 0. The highest BCUT2D eigenvalue weighted by Crippen LogP contribution is 2.39. The Balaban J connectivity index is 2.38. The van der Waals surface area contributed by atoms with E-state index in [1.807, 2.05) is 26.0 Å². The highest BCUT2D eigenvalue weighted by atomic mass is 16.5. The van der Waals surface area contributed by atoms with Gasteiger partial charge in [0.05, 0.1) is 12.1 Å². The number of anilines is 1. The Hall–Kier alpha value is -2.04. The average Bonchev–Trinajstić information content (AvgIpc) is 2.47. The lowest BCUT2D eigenvalue weighted by atomic mass is 9.98. The zero-order valence-electron chi connectivity index (χ0n) is 14.3. The number of ether oxygens (including phenoxy) is 1. The van der Waals surface area contributed by atoms with Crippen LogP contribution in [0.2, 0.25) is 0 Å². The van der Waals surface area contributed by atoms with E-state index in [2.05, 4.69) is 13.8 Å². The Kier molecular flexibility index (Phi) is 5.29. The number of carbonyl (C=O) groups excluding carboxylic acids is 1. The molecular formula is C18H25NO4. The Labute approximate surface area is 137 Å². The Bertz CT molecular complexity index is 611. The number of amides is 1. The molecule has 0 bridgehead atoms. The molecule has 126 valence electrons. The van der Waals surface area contributed by atoms with Crippen molar-refractivity contribution in [3.63, 3.8) is 0 Å². The van der Waals surface area contributed by atoms with Gasteiger partial charge in [0.15, 0.2) is 6.10 Å². The molecule has 0 fully saturated rings. The molecule has 1 aliphatic heterocycles. The van der Waals surface area contributed by atoms with E-state index in [9.17, 15) is 9.59 Å². The van der Waals surface area contributed by atoms with Crippen LogP contribution in [0, 0.1) is 19.8 Å². The quantitative estimate of drug-likeness (QED) is 0.873. The van der Waals surface area contributed by atoms with E-state index in [-0.39, 0.29) is 18.9 Å². The van der Waals surface area contributed by atoms with Crippen molar-refractivity contribution >= 4 is 17.6 Å². The third-order valence-corrected chi connectivity index (χ3v) is 4.35. The van der Waals surface area contributed by atoms with E-state index in [4.69, 9.17) is 9.84 Å². The van der Waals surface area contributed by atoms with Crippen LogP contribution >= 0.6 is 0 Å². The number of hydrogen-bond donors (Lipinski definition) is 1. The number of hydrogen-bond acceptors (Lipinski definition) is 3. The first kappa shape index (κ1) is 17.3. The lowest BCUT2D eigenvalue weighted by molar-refractivity contribution is -0.136. The van der Waals surface area contributed by atoms with Crippen LogP contribution in [0.5, 0.6) is 5.75 Å². The summed E-state index contributed by atoms with van der Waals surface area (Å²) in [5.74, 6) is 0.0317. The molecule has 1 aromatic carbocycles. The van der Waals surface area contributed by atoms with Gasteiger partial charge in [-0.25, -0.2) is 0 Å². The molecule has 1 aromatic rings. The molecule has 2 rings (SSSR count). The number of fused-ring (bicyclic) bond motifs is 1. The van der Waals surface area contributed by atoms with Crippen molar-refractivity contribution in [1.82, 2.24) is 0 Å². The van der Waals surface area contributed by atoms with Crippen LogP contribution < -0.4 is 9.64 Å². The lowest BCUT2D eigenvalue weighted by Gasteiger charge is -2.36. The first-order valence-electron chi connectivity index (χ1n) is 8.14. The first-order chi connectivity index (χ1) is 10.8. The van der Waals surface area contributed by atoms with Crippen molar-refractivity contribution < 1.29 is 19.4 Å². The Morgan fingerprint density at radius 1 is 1.39 bits per heavy atom. The molecule has 5 heteroatoms. The fraction of sp³-hybridized carbons (Fsp3) is 0.556. The van der Waals surface area contributed by atoms with Crippen LogP contribution in [0.15, 0.2) is 12.1 Å². The predicted octanol–water partition coefficient (Wildman–Crippen LogP) is 3.31. The van der Waals surface area contributed by atoms with Crippen LogP contribution in [0.1, 0.15) is 44.2 Å². The second kappa shape index (κ2) is 7.02. The fourth-order valence-electron chi connectivity index (χ4n) is 2.89. The standard InChI is InChI=1S/C18H25NO4/c1-5-11(2)10-15-18(22)19(7-6-16(20)21)14-9-12(3)8-13(4)17(14)23-15/h8-9,11,15H,5-7,10H2,1-4H3,(H,20,21). The van der Waals surface area contributed by atoms with Gasteiger partial charge >= 0.3 is 5.97 Å². The summed E-state index contributed by atoms with van der Waals surface area (Å²) in [4.78, 5) is 25.3. The molecule has 0 saturated heterocycles. The fourth-order valence-corrected chi connectivity index (χ4v) is 2.89. The topological polar surface area (TPSA) is 66.8 Å². The van der Waals surface area contributed by atoms with Crippen LogP contribution in [0.3, 0.4) is 0 Å². The molecular weight excluding hydrogens is 294 g/mol. The van der Waals surface area contributed by atoms with Crippen molar-refractivity contribution in [3.05, 3.63) is 23.3 Å². The van der Waals surface area contributed by atoms with E-state index in [1.54, 1.807) is 4.90 Å². The Morgan fingerprint density at radius 3 is 2.70 bits per heavy atom. The summed E-state index contributed by atoms with van der Waals surface area (Å²) < 4.78 is 6.00. The number of carboxylic acid groups (broad SMARTS) is 1. The van der Waals surface area contributed by atoms with Crippen LogP contribution in [0.4, 0.5) is 5.69 Å². The summed E-state index contributed by atoms with van der Waals surface area (Å²) in [5, 5.41) is 8.97.